The van der Waals surface area contributed by atoms with Crippen molar-refractivity contribution in [1.29, 1.82) is 0 Å². The summed E-state index contributed by atoms with van der Waals surface area (Å²) in [6.07, 6.45) is -3.41. The van der Waals surface area contributed by atoms with Gasteiger partial charge in [-0.2, -0.15) is 0 Å². The predicted octanol–water partition coefficient (Wildman–Crippen LogP) is 7.16. The molecule has 3 heterocycles. The van der Waals surface area contributed by atoms with Gasteiger partial charge in [-0.3, -0.25) is 14.5 Å². The number of anilines is 1. The van der Waals surface area contributed by atoms with Gasteiger partial charge in [-0.1, -0.05) is 133 Å². The first-order valence-corrected chi connectivity index (χ1v) is 22.2. The minimum atomic E-state index is -1.71. The summed E-state index contributed by atoms with van der Waals surface area (Å²) in [5, 5.41) is 28.2. The average Bonchev–Trinajstić information content (AvgIpc) is 3.77. The highest BCUT2D eigenvalue weighted by Gasteiger charge is 2.55. The molecule has 0 aliphatic carbocycles. The minimum Gasteiger partial charge on any atom is -0.504 e. The molecule has 3 atom stereocenters. The monoisotopic (exact) mass is 915 g/mol. The summed E-state index contributed by atoms with van der Waals surface area (Å²) in [4.78, 5) is 68.0. The number of β-lactam (4-membered cyclic amide) rings is 1. The number of aromatic nitrogens is 1. The molecular formula is C47H38ClN5O9S2. The number of thiazole rings is 1. The number of hydrogen-bond acceptors (Lipinski definition) is 14. The van der Waals surface area contributed by atoms with Crippen LogP contribution in [-0.2, 0) is 33.5 Å². The van der Waals surface area contributed by atoms with Crippen LogP contribution in [0.15, 0.2) is 161 Å². The second kappa shape index (κ2) is 19.5. The van der Waals surface area contributed by atoms with Crippen LogP contribution in [0.2, 0.25) is 0 Å². The number of hydrogen-bond donors (Lipinski definition) is 4. The number of ether oxygens (including phenoxy) is 2. The fourth-order valence-corrected chi connectivity index (χ4v) is 9.37. The standard InChI is InChI=1S/C47H38ClN5O9S2/c48-24-32-25-63-44-37(43(57)53(44)38(32)45(58)60-39(27-13-5-1-6-14-27)28-15-7-2-8-16-28)51-42(56)36(33-26-64-47(49)50-33)52-62-41(31-21-22-34(54)35(55)23-31)46(59)61-40(29-17-9-3-10-18-29)30-19-11-4-12-20-30/h1-23,26,37,39-41,44,54-55H,24-25H2,(H2,49,50)(H,51,56)/b52-36+/t37?,41?,44-/m1/s1. The number of aromatic hydroxyl groups is 2. The molecule has 0 spiro atoms. The summed E-state index contributed by atoms with van der Waals surface area (Å²) >= 11 is 8.65. The number of nitrogens with two attached hydrogens (primary N) is 1. The number of carbonyl (C=O) groups is 4. The van der Waals surface area contributed by atoms with E-state index in [1.165, 1.54) is 28.1 Å². The molecule has 0 saturated carbocycles. The van der Waals surface area contributed by atoms with Crippen molar-refractivity contribution in [3.8, 4) is 11.5 Å². The number of alkyl halides is 1. The van der Waals surface area contributed by atoms with E-state index in [2.05, 4.69) is 15.5 Å². The predicted molar refractivity (Wildman–Crippen MR) is 241 cm³/mol. The van der Waals surface area contributed by atoms with Gasteiger partial charge >= 0.3 is 11.9 Å². The van der Waals surface area contributed by atoms with Crippen LogP contribution in [0.4, 0.5) is 5.13 Å². The molecule has 14 nitrogen and oxygen atoms in total. The Morgan fingerprint density at radius 3 is 1.84 bits per heavy atom. The molecule has 17 heteroatoms. The van der Waals surface area contributed by atoms with Gasteiger partial charge in [-0.15, -0.1) is 34.7 Å². The van der Waals surface area contributed by atoms with Gasteiger partial charge in [-0.05, 0) is 40.0 Å². The Kier molecular flexibility index (Phi) is 13.3. The number of carbonyl (C=O) groups excluding carboxylic acids is 4. The van der Waals surface area contributed by atoms with E-state index in [4.69, 9.17) is 31.6 Å². The lowest BCUT2D eigenvalue weighted by Crippen LogP contribution is -2.71. The van der Waals surface area contributed by atoms with Gasteiger partial charge < -0.3 is 35.6 Å². The summed E-state index contributed by atoms with van der Waals surface area (Å²) in [7, 11) is 0. The highest BCUT2D eigenvalue weighted by molar-refractivity contribution is 8.00. The average molecular weight is 916 g/mol. The molecule has 2 aliphatic rings. The molecule has 324 valence electrons. The maximum atomic E-state index is 14.2. The van der Waals surface area contributed by atoms with Gasteiger partial charge in [0.1, 0.15) is 22.8 Å². The largest absolute Gasteiger partial charge is 0.504 e. The Morgan fingerprint density at radius 2 is 1.34 bits per heavy atom. The molecule has 0 radical (unpaired) electrons. The number of phenols is 2. The highest BCUT2D eigenvalue weighted by atomic mass is 35.5. The second-order valence-corrected chi connectivity index (χ2v) is 16.7. The first-order chi connectivity index (χ1) is 31.1. The van der Waals surface area contributed by atoms with Crippen LogP contribution in [0.3, 0.4) is 0 Å². The van der Waals surface area contributed by atoms with Gasteiger partial charge in [0.2, 0.25) is 6.10 Å². The zero-order valence-corrected chi connectivity index (χ0v) is 35.9. The Hall–Kier alpha value is -7.14. The minimum absolute atomic E-state index is 0.00146. The molecule has 5 aromatic carbocycles. The molecule has 5 N–H and O–H groups in total. The third-order valence-corrected chi connectivity index (χ3v) is 12.6. The lowest BCUT2D eigenvalue weighted by molar-refractivity contribution is -0.162. The molecule has 1 saturated heterocycles. The first-order valence-electron chi connectivity index (χ1n) is 19.7. The normalized spacial score (nSPS) is 16.5. The summed E-state index contributed by atoms with van der Waals surface area (Å²) in [6.45, 7) is 0. The molecular weight excluding hydrogens is 878 g/mol. The van der Waals surface area contributed by atoms with Crippen LogP contribution in [0.25, 0.3) is 0 Å². The molecule has 2 amide bonds. The molecule has 1 aromatic heterocycles. The number of fused-ring (bicyclic) bond motifs is 1. The first kappa shape index (κ1) is 43.5. The van der Waals surface area contributed by atoms with Gasteiger partial charge in [0.25, 0.3) is 11.8 Å². The van der Waals surface area contributed by atoms with Gasteiger partial charge in [0.05, 0.1) is 0 Å². The van der Waals surface area contributed by atoms with E-state index < -0.39 is 70.7 Å². The van der Waals surface area contributed by atoms with Crippen LogP contribution in [0.1, 0.15) is 51.8 Å². The number of esters is 2. The molecule has 64 heavy (non-hydrogen) atoms. The number of oxime groups is 1. The van der Waals surface area contributed by atoms with E-state index in [0.717, 1.165) is 34.6 Å². The summed E-state index contributed by atoms with van der Waals surface area (Å²) < 4.78 is 12.2. The number of benzene rings is 5. The van der Waals surface area contributed by atoms with Crippen LogP contribution < -0.4 is 11.1 Å². The fourth-order valence-electron chi connectivity index (χ4n) is 7.14. The number of phenolic OH excluding ortho intramolecular Hbond substituents is 2. The molecule has 6 aromatic rings. The van der Waals surface area contributed by atoms with E-state index >= 15 is 0 Å². The van der Waals surface area contributed by atoms with Gasteiger partial charge in [0.15, 0.2) is 34.6 Å². The van der Waals surface area contributed by atoms with E-state index in [9.17, 15) is 29.4 Å². The fraction of sp³-hybridized carbons (Fsp3) is 0.149. The van der Waals surface area contributed by atoms with Crippen LogP contribution in [-0.4, -0.2) is 72.6 Å². The Morgan fingerprint density at radius 1 is 0.797 bits per heavy atom. The molecule has 0 bridgehead atoms. The van der Waals surface area contributed by atoms with E-state index in [1.54, 1.807) is 48.5 Å². The third-order valence-electron chi connectivity index (χ3n) is 10.3. The van der Waals surface area contributed by atoms with Crippen molar-refractivity contribution in [2.75, 3.05) is 17.4 Å². The second-order valence-electron chi connectivity index (χ2n) is 14.4. The van der Waals surface area contributed by atoms with Gasteiger partial charge in [-0.25, -0.2) is 14.6 Å². The lowest BCUT2D eigenvalue weighted by Gasteiger charge is -2.49. The Bertz CT molecular complexity index is 2650. The smallest absolute Gasteiger partial charge is 0.356 e. The summed E-state index contributed by atoms with van der Waals surface area (Å²) in [5.74, 6) is -4.05. The van der Waals surface area contributed by atoms with Crippen molar-refractivity contribution >= 4 is 69.3 Å². The van der Waals surface area contributed by atoms with Crippen LogP contribution in [0.5, 0.6) is 11.5 Å². The maximum Gasteiger partial charge on any atom is 0.356 e. The number of halogens is 1. The Labute approximate surface area is 379 Å². The van der Waals surface area contributed by atoms with E-state index in [-0.39, 0.29) is 33.7 Å². The third kappa shape index (κ3) is 9.29. The van der Waals surface area contributed by atoms with Crippen molar-refractivity contribution in [2.45, 2.75) is 29.7 Å². The SMILES string of the molecule is Nc1nc(/C(=N\OC(C(=O)OC(c2ccccc2)c2ccccc2)c2ccc(O)c(O)c2)C(=O)NC2C(=O)N3C(C(=O)OC(c4ccccc4)c4ccccc4)=C(CCl)CS[C@H]23)cs1. The number of nitrogens with one attached hydrogen (secondary N) is 1. The summed E-state index contributed by atoms with van der Waals surface area (Å²) in [5.41, 5.74) is 8.72. The van der Waals surface area contributed by atoms with Crippen molar-refractivity contribution in [3.05, 3.63) is 190 Å². The summed E-state index contributed by atoms with van der Waals surface area (Å²) in [6, 6.07) is 38.8. The number of amides is 2. The Balaban J connectivity index is 1.06. The quantitative estimate of drug-likeness (QED) is 0.0203. The molecule has 1 fully saturated rings. The maximum absolute atomic E-state index is 14.2. The van der Waals surface area contributed by atoms with Crippen molar-refractivity contribution in [3.63, 3.8) is 0 Å². The van der Waals surface area contributed by atoms with E-state index in [0.29, 0.717) is 16.7 Å². The van der Waals surface area contributed by atoms with Crippen molar-refractivity contribution in [1.82, 2.24) is 15.2 Å². The number of nitrogen functional groups attached to an aromatic ring is 1. The molecule has 8 rings (SSSR count). The van der Waals surface area contributed by atoms with Gasteiger partial charge in [0, 0.05) is 22.6 Å². The zero-order valence-electron chi connectivity index (χ0n) is 33.5. The van der Waals surface area contributed by atoms with Crippen LogP contribution in [0, 0.1) is 0 Å². The van der Waals surface area contributed by atoms with E-state index in [1.807, 2.05) is 72.8 Å². The lowest BCUT2D eigenvalue weighted by atomic mass is 10.0. The topological polar surface area (TPSA) is 203 Å². The van der Waals surface area contributed by atoms with Crippen LogP contribution >= 0.6 is 34.7 Å². The number of rotatable bonds is 15. The molecule has 2 aliphatic heterocycles. The van der Waals surface area contributed by atoms with Crippen molar-refractivity contribution < 1.29 is 43.7 Å². The zero-order chi connectivity index (χ0) is 44.7. The number of thioether (sulfide) groups is 1. The highest BCUT2D eigenvalue weighted by Crippen LogP contribution is 2.42. The molecule has 2 unspecified atom stereocenters. The van der Waals surface area contributed by atoms with Crippen molar-refractivity contribution in [2.24, 2.45) is 5.16 Å². The number of nitrogens with zero attached hydrogens (tertiary/aromatic N) is 3.